The van der Waals surface area contributed by atoms with E-state index in [1.54, 1.807) is 0 Å². The van der Waals surface area contributed by atoms with Crippen LogP contribution in [0.2, 0.25) is 0 Å². The SMILES string of the molecule is O=C(/C=C/c1ccc(OC(F)F)cc1OC(F)F)NC1CCc2ccccc21. The van der Waals surface area contributed by atoms with Crippen LogP contribution in [0.1, 0.15) is 29.2 Å². The van der Waals surface area contributed by atoms with Crippen LogP contribution in [0.5, 0.6) is 11.5 Å². The minimum atomic E-state index is -3.15. The van der Waals surface area contributed by atoms with E-state index in [9.17, 15) is 22.4 Å². The third-order valence-electron chi connectivity index (χ3n) is 4.29. The molecule has 1 atom stereocenters. The van der Waals surface area contributed by atoms with Gasteiger partial charge in [0.1, 0.15) is 11.5 Å². The number of alkyl halides is 4. The average molecular weight is 395 g/mol. The Morgan fingerprint density at radius 3 is 2.57 bits per heavy atom. The van der Waals surface area contributed by atoms with Crippen molar-refractivity contribution in [3.63, 3.8) is 0 Å². The molecule has 1 N–H and O–H groups in total. The van der Waals surface area contributed by atoms with Crippen molar-refractivity contribution < 1.29 is 31.8 Å². The van der Waals surface area contributed by atoms with Crippen LogP contribution in [-0.4, -0.2) is 19.1 Å². The highest BCUT2D eigenvalue weighted by Crippen LogP contribution is 2.31. The summed E-state index contributed by atoms with van der Waals surface area (Å²) in [6, 6.07) is 11.0. The first kappa shape index (κ1) is 19.7. The molecule has 4 nitrogen and oxygen atoms in total. The van der Waals surface area contributed by atoms with Gasteiger partial charge < -0.3 is 14.8 Å². The van der Waals surface area contributed by atoms with E-state index >= 15 is 0 Å². The Hall–Kier alpha value is -3.03. The van der Waals surface area contributed by atoms with Crippen molar-refractivity contribution in [3.8, 4) is 11.5 Å². The van der Waals surface area contributed by atoms with E-state index in [0.29, 0.717) is 0 Å². The highest BCUT2D eigenvalue weighted by molar-refractivity contribution is 5.92. The normalized spacial score (nSPS) is 15.9. The number of fused-ring (bicyclic) bond motifs is 1. The van der Waals surface area contributed by atoms with Crippen LogP contribution in [0.3, 0.4) is 0 Å². The van der Waals surface area contributed by atoms with Gasteiger partial charge in [-0.2, -0.15) is 17.6 Å². The summed E-state index contributed by atoms with van der Waals surface area (Å²) >= 11 is 0. The largest absolute Gasteiger partial charge is 0.435 e. The van der Waals surface area contributed by atoms with Gasteiger partial charge in [0.05, 0.1) is 6.04 Å². The summed E-state index contributed by atoms with van der Waals surface area (Å²) in [6.45, 7) is -6.25. The molecule has 0 radical (unpaired) electrons. The van der Waals surface area contributed by atoms with Gasteiger partial charge in [0.15, 0.2) is 0 Å². The second kappa shape index (κ2) is 8.77. The number of ether oxygens (including phenoxy) is 2. The van der Waals surface area contributed by atoms with Crippen LogP contribution in [0.25, 0.3) is 6.08 Å². The van der Waals surface area contributed by atoms with E-state index < -0.39 is 19.1 Å². The lowest BCUT2D eigenvalue weighted by Crippen LogP contribution is -2.25. The van der Waals surface area contributed by atoms with Gasteiger partial charge in [-0.1, -0.05) is 24.3 Å². The molecule has 1 unspecified atom stereocenters. The van der Waals surface area contributed by atoms with Crippen LogP contribution in [0.15, 0.2) is 48.5 Å². The van der Waals surface area contributed by atoms with Gasteiger partial charge in [-0.05, 0) is 42.2 Å². The molecule has 1 aliphatic carbocycles. The molecule has 0 spiro atoms. The molecule has 148 valence electrons. The first-order valence-electron chi connectivity index (χ1n) is 8.52. The zero-order valence-electron chi connectivity index (χ0n) is 14.6. The van der Waals surface area contributed by atoms with E-state index in [0.717, 1.165) is 24.5 Å². The van der Waals surface area contributed by atoms with Gasteiger partial charge in [-0.3, -0.25) is 4.79 Å². The second-order valence-corrected chi connectivity index (χ2v) is 6.09. The summed E-state index contributed by atoms with van der Waals surface area (Å²) in [6.07, 6.45) is 4.10. The van der Waals surface area contributed by atoms with Gasteiger partial charge in [0.25, 0.3) is 0 Å². The monoisotopic (exact) mass is 395 g/mol. The van der Waals surface area contributed by atoms with Crippen molar-refractivity contribution in [2.75, 3.05) is 0 Å². The number of nitrogens with one attached hydrogen (secondary N) is 1. The summed E-state index contributed by atoms with van der Waals surface area (Å²) in [7, 11) is 0. The summed E-state index contributed by atoms with van der Waals surface area (Å²) < 4.78 is 58.3. The van der Waals surface area contributed by atoms with E-state index in [1.165, 1.54) is 29.8 Å². The van der Waals surface area contributed by atoms with Crippen molar-refractivity contribution >= 4 is 12.0 Å². The maximum atomic E-state index is 12.6. The molecule has 1 amide bonds. The molecule has 0 heterocycles. The number of aryl methyl sites for hydroxylation is 1. The van der Waals surface area contributed by atoms with Gasteiger partial charge in [0, 0.05) is 17.7 Å². The average Bonchev–Trinajstić information content (AvgIpc) is 3.03. The van der Waals surface area contributed by atoms with Crippen LogP contribution in [0.4, 0.5) is 17.6 Å². The number of hydrogen-bond acceptors (Lipinski definition) is 3. The van der Waals surface area contributed by atoms with Gasteiger partial charge in [-0.25, -0.2) is 0 Å². The molecular weight excluding hydrogens is 378 g/mol. The second-order valence-electron chi connectivity index (χ2n) is 6.09. The van der Waals surface area contributed by atoms with E-state index in [2.05, 4.69) is 14.8 Å². The third kappa shape index (κ3) is 5.03. The lowest BCUT2D eigenvalue weighted by Gasteiger charge is -2.13. The summed E-state index contributed by atoms with van der Waals surface area (Å²) in [4.78, 5) is 12.2. The fraction of sp³-hybridized carbons (Fsp3) is 0.250. The molecular formula is C20H17F4NO3. The van der Waals surface area contributed by atoms with Gasteiger partial charge in [0.2, 0.25) is 5.91 Å². The number of hydrogen-bond donors (Lipinski definition) is 1. The van der Waals surface area contributed by atoms with Crippen molar-refractivity contribution in [1.29, 1.82) is 0 Å². The van der Waals surface area contributed by atoms with Crippen LogP contribution in [-0.2, 0) is 11.2 Å². The summed E-state index contributed by atoms with van der Waals surface area (Å²) in [5.74, 6) is -1.10. The molecule has 3 rings (SSSR count). The first-order chi connectivity index (χ1) is 13.4. The lowest BCUT2D eigenvalue weighted by molar-refractivity contribution is -0.117. The maximum Gasteiger partial charge on any atom is 0.387 e. The maximum absolute atomic E-state index is 12.6. The predicted octanol–water partition coefficient (Wildman–Crippen LogP) is 4.71. The van der Waals surface area contributed by atoms with Crippen LogP contribution in [0, 0.1) is 0 Å². The minimum Gasteiger partial charge on any atom is -0.435 e. The fourth-order valence-electron chi connectivity index (χ4n) is 3.12. The molecule has 0 fully saturated rings. The molecule has 0 aromatic heterocycles. The topological polar surface area (TPSA) is 47.6 Å². The number of benzene rings is 2. The smallest absolute Gasteiger partial charge is 0.387 e. The molecule has 8 heteroatoms. The Bertz CT molecular complexity index is 870. The van der Waals surface area contributed by atoms with Gasteiger partial charge >= 0.3 is 13.2 Å². The Morgan fingerprint density at radius 1 is 1.07 bits per heavy atom. The quantitative estimate of drug-likeness (QED) is 0.546. The number of carbonyl (C=O) groups excluding carboxylic acids is 1. The highest BCUT2D eigenvalue weighted by Gasteiger charge is 2.22. The van der Waals surface area contributed by atoms with Crippen molar-refractivity contribution in [2.24, 2.45) is 0 Å². The first-order valence-corrected chi connectivity index (χ1v) is 8.52. The number of rotatable bonds is 7. The Morgan fingerprint density at radius 2 is 1.82 bits per heavy atom. The molecule has 0 saturated carbocycles. The molecule has 0 aliphatic heterocycles. The van der Waals surface area contributed by atoms with E-state index in [1.807, 2.05) is 24.3 Å². The molecule has 0 saturated heterocycles. The number of carbonyl (C=O) groups is 1. The molecule has 2 aromatic rings. The summed E-state index contributed by atoms with van der Waals surface area (Å²) in [5.41, 5.74) is 2.36. The molecule has 1 aliphatic rings. The highest BCUT2D eigenvalue weighted by atomic mass is 19.3. The summed E-state index contributed by atoms with van der Waals surface area (Å²) in [5, 5.41) is 2.86. The predicted molar refractivity (Wildman–Crippen MR) is 94.4 cm³/mol. The number of amides is 1. The van der Waals surface area contributed by atoms with Crippen LogP contribution >= 0.6 is 0 Å². The molecule has 28 heavy (non-hydrogen) atoms. The lowest BCUT2D eigenvalue weighted by atomic mass is 10.1. The fourth-order valence-corrected chi connectivity index (χ4v) is 3.12. The van der Waals surface area contributed by atoms with Crippen molar-refractivity contribution in [1.82, 2.24) is 5.32 Å². The zero-order chi connectivity index (χ0) is 20.1. The van der Waals surface area contributed by atoms with E-state index in [4.69, 9.17) is 0 Å². The third-order valence-corrected chi connectivity index (χ3v) is 4.29. The van der Waals surface area contributed by atoms with Crippen molar-refractivity contribution in [2.45, 2.75) is 32.1 Å². The standard InChI is InChI=1S/C20H17F4NO3/c21-19(22)27-14-8-5-13(17(11-14)28-20(23)24)7-10-18(26)25-16-9-6-12-3-1-2-4-15(12)16/h1-5,7-8,10-11,16,19-20H,6,9H2,(H,25,26)/b10-7+. The van der Waals surface area contributed by atoms with Crippen molar-refractivity contribution in [3.05, 3.63) is 65.2 Å². The number of halogens is 4. The zero-order valence-corrected chi connectivity index (χ0v) is 14.6. The van der Waals surface area contributed by atoms with Gasteiger partial charge in [-0.15, -0.1) is 0 Å². The van der Waals surface area contributed by atoms with E-state index in [-0.39, 0.29) is 23.1 Å². The molecule has 0 bridgehead atoms. The Balaban J connectivity index is 1.71. The molecule has 2 aromatic carbocycles. The Labute approximate surface area is 158 Å². The minimum absolute atomic E-state index is 0.119. The van der Waals surface area contributed by atoms with Crippen LogP contribution < -0.4 is 14.8 Å². The Kier molecular flexibility index (Phi) is 6.18.